The Balaban J connectivity index is 1.36. The van der Waals surface area contributed by atoms with E-state index in [1.807, 2.05) is 0 Å². The monoisotopic (exact) mass is 430 g/mol. The van der Waals surface area contributed by atoms with E-state index in [1.54, 1.807) is 42.7 Å². The van der Waals surface area contributed by atoms with Crippen molar-refractivity contribution in [3.8, 4) is 11.5 Å². The zero-order valence-electron chi connectivity index (χ0n) is 15.9. The second-order valence-corrected chi connectivity index (χ2v) is 6.30. The number of aromatic nitrogens is 3. The highest BCUT2D eigenvalue weighted by Gasteiger charge is 2.10. The maximum absolute atomic E-state index is 12.2. The molecule has 2 heterocycles. The Hall–Kier alpha value is -3.99. The SMILES string of the molecule is O=c1oc2cc(OCc3cnc(Nc4ccc(OC(F)F)cc4)nc3)ccc2n1CO. The van der Waals surface area contributed by atoms with Crippen molar-refractivity contribution in [2.75, 3.05) is 5.32 Å². The number of aliphatic hydroxyl groups is 1. The molecule has 11 heteroatoms. The van der Waals surface area contributed by atoms with Crippen molar-refractivity contribution in [2.24, 2.45) is 0 Å². The van der Waals surface area contributed by atoms with E-state index in [2.05, 4.69) is 20.0 Å². The Kier molecular flexibility index (Phi) is 5.76. The third-order valence-electron chi connectivity index (χ3n) is 4.23. The summed E-state index contributed by atoms with van der Waals surface area (Å²) in [5.74, 6) is 0.196. The maximum Gasteiger partial charge on any atom is 0.421 e. The van der Waals surface area contributed by atoms with Crippen molar-refractivity contribution >= 4 is 22.7 Å². The summed E-state index contributed by atoms with van der Waals surface area (Å²) >= 11 is 0. The van der Waals surface area contributed by atoms with Gasteiger partial charge in [-0.2, -0.15) is 8.78 Å². The number of alkyl halides is 2. The van der Waals surface area contributed by atoms with Crippen LogP contribution in [-0.4, -0.2) is 26.3 Å². The van der Waals surface area contributed by atoms with E-state index >= 15 is 0 Å². The van der Waals surface area contributed by atoms with Crippen LogP contribution >= 0.6 is 0 Å². The van der Waals surface area contributed by atoms with Gasteiger partial charge >= 0.3 is 12.4 Å². The second kappa shape index (κ2) is 8.79. The van der Waals surface area contributed by atoms with Gasteiger partial charge in [0.15, 0.2) is 5.58 Å². The molecule has 2 aromatic carbocycles. The van der Waals surface area contributed by atoms with E-state index in [4.69, 9.17) is 9.15 Å². The minimum atomic E-state index is -2.88. The molecule has 0 aliphatic heterocycles. The summed E-state index contributed by atoms with van der Waals surface area (Å²) in [5, 5.41) is 12.2. The first-order valence-corrected chi connectivity index (χ1v) is 9.02. The predicted molar refractivity (Wildman–Crippen MR) is 105 cm³/mol. The van der Waals surface area contributed by atoms with Crippen LogP contribution in [0.3, 0.4) is 0 Å². The molecule has 31 heavy (non-hydrogen) atoms. The molecule has 9 nitrogen and oxygen atoms in total. The van der Waals surface area contributed by atoms with E-state index in [-0.39, 0.29) is 12.4 Å². The number of ether oxygens (including phenoxy) is 2. The lowest BCUT2D eigenvalue weighted by Crippen LogP contribution is -2.13. The van der Waals surface area contributed by atoms with Gasteiger partial charge in [-0.3, -0.25) is 4.57 Å². The maximum atomic E-state index is 12.2. The molecule has 0 radical (unpaired) electrons. The summed E-state index contributed by atoms with van der Waals surface area (Å²) in [5.41, 5.74) is 2.07. The van der Waals surface area contributed by atoms with Crippen LogP contribution in [-0.2, 0) is 13.3 Å². The number of hydrogen-bond donors (Lipinski definition) is 2. The van der Waals surface area contributed by atoms with Gasteiger partial charge in [0, 0.05) is 29.7 Å². The summed E-state index contributed by atoms with van der Waals surface area (Å²) in [7, 11) is 0. The Morgan fingerprint density at radius 1 is 1.10 bits per heavy atom. The molecule has 160 valence electrons. The number of oxazole rings is 1. The van der Waals surface area contributed by atoms with Crippen molar-refractivity contribution in [3.05, 3.63) is 71.0 Å². The highest BCUT2D eigenvalue weighted by molar-refractivity contribution is 5.74. The molecule has 0 amide bonds. The molecule has 0 saturated carbocycles. The molecule has 0 aliphatic rings. The number of anilines is 2. The highest BCUT2D eigenvalue weighted by Crippen LogP contribution is 2.22. The number of hydrogen-bond acceptors (Lipinski definition) is 8. The Morgan fingerprint density at radius 2 is 1.81 bits per heavy atom. The first-order valence-electron chi connectivity index (χ1n) is 9.02. The van der Waals surface area contributed by atoms with Crippen molar-refractivity contribution in [1.82, 2.24) is 14.5 Å². The molecule has 0 saturated heterocycles. The van der Waals surface area contributed by atoms with Crippen LogP contribution in [0, 0.1) is 0 Å². The van der Waals surface area contributed by atoms with Gasteiger partial charge < -0.3 is 24.3 Å². The third kappa shape index (κ3) is 4.78. The fourth-order valence-corrected chi connectivity index (χ4v) is 2.78. The zero-order valence-corrected chi connectivity index (χ0v) is 15.9. The first kappa shape index (κ1) is 20.3. The fourth-order valence-electron chi connectivity index (χ4n) is 2.78. The Bertz CT molecular complexity index is 1220. The second-order valence-electron chi connectivity index (χ2n) is 6.30. The van der Waals surface area contributed by atoms with E-state index in [0.717, 1.165) is 4.57 Å². The molecule has 0 aliphatic carbocycles. The van der Waals surface area contributed by atoms with Crippen LogP contribution in [0.2, 0.25) is 0 Å². The standard InChI is InChI=1S/C20H16F2N4O5/c21-18(22)30-14-3-1-13(2-4-14)25-19-23-8-12(9-24-19)10-29-15-5-6-16-17(7-15)31-20(28)26(16)11-27/h1-9,18,27H,10-11H2,(H,23,24,25). The van der Waals surface area contributed by atoms with E-state index < -0.39 is 19.1 Å². The van der Waals surface area contributed by atoms with Crippen LogP contribution in [0.15, 0.2) is 64.1 Å². The minimum Gasteiger partial charge on any atom is -0.489 e. The van der Waals surface area contributed by atoms with E-state index in [0.29, 0.717) is 34.0 Å². The molecule has 2 aromatic heterocycles. The number of halogens is 2. The quantitative estimate of drug-likeness (QED) is 0.438. The van der Waals surface area contributed by atoms with Crippen molar-refractivity contribution < 1.29 is 27.8 Å². The number of benzene rings is 2. The normalized spacial score (nSPS) is 11.1. The third-order valence-corrected chi connectivity index (χ3v) is 4.23. The molecule has 0 unspecified atom stereocenters. The van der Waals surface area contributed by atoms with Crippen LogP contribution in [0.4, 0.5) is 20.4 Å². The number of nitrogens with zero attached hydrogens (tertiary/aromatic N) is 3. The van der Waals surface area contributed by atoms with Crippen molar-refractivity contribution in [2.45, 2.75) is 19.9 Å². The summed E-state index contributed by atoms with van der Waals surface area (Å²) in [4.78, 5) is 20.0. The minimum absolute atomic E-state index is 0.0550. The molecule has 4 aromatic rings. The molecular weight excluding hydrogens is 414 g/mol. The van der Waals surface area contributed by atoms with Gasteiger partial charge in [-0.05, 0) is 36.4 Å². The van der Waals surface area contributed by atoms with Gasteiger partial charge in [0.25, 0.3) is 0 Å². The molecular formula is C20H16F2N4O5. The topological polar surface area (TPSA) is 112 Å². The van der Waals surface area contributed by atoms with E-state index in [9.17, 15) is 18.7 Å². The van der Waals surface area contributed by atoms with Crippen LogP contribution < -0.4 is 20.5 Å². The Morgan fingerprint density at radius 3 is 2.48 bits per heavy atom. The smallest absolute Gasteiger partial charge is 0.421 e. The molecule has 4 rings (SSSR count). The number of rotatable bonds is 8. The molecule has 0 bridgehead atoms. The number of nitrogens with one attached hydrogen (secondary N) is 1. The summed E-state index contributed by atoms with van der Waals surface area (Å²) in [6, 6.07) is 10.8. The lowest BCUT2D eigenvalue weighted by molar-refractivity contribution is -0.0498. The summed E-state index contributed by atoms with van der Waals surface area (Å²) in [6.45, 7) is -3.17. The van der Waals surface area contributed by atoms with Gasteiger partial charge in [0.2, 0.25) is 5.95 Å². The lowest BCUT2D eigenvalue weighted by atomic mass is 10.3. The van der Waals surface area contributed by atoms with Crippen molar-refractivity contribution in [1.29, 1.82) is 0 Å². The van der Waals surface area contributed by atoms with Gasteiger partial charge in [0.1, 0.15) is 24.8 Å². The van der Waals surface area contributed by atoms with E-state index in [1.165, 1.54) is 12.1 Å². The molecule has 2 N–H and O–H groups in total. The highest BCUT2D eigenvalue weighted by atomic mass is 19.3. The molecule has 0 spiro atoms. The summed E-state index contributed by atoms with van der Waals surface area (Å²) < 4.78 is 40.5. The van der Waals surface area contributed by atoms with Crippen molar-refractivity contribution in [3.63, 3.8) is 0 Å². The average Bonchev–Trinajstić information content (AvgIpc) is 3.08. The average molecular weight is 430 g/mol. The Labute approximate surface area is 173 Å². The summed E-state index contributed by atoms with van der Waals surface area (Å²) in [6.07, 6.45) is 3.15. The number of aliphatic hydroxyl groups excluding tert-OH is 1. The van der Waals surface area contributed by atoms with Crippen LogP contribution in [0.5, 0.6) is 11.5 Å². The van der Waals surface area contributed by atoms with Crippen LogP contribution in [0.25, 0.3) is 11.1 Å². The van der Waals surface area contributed by atoms with Gasteiger partial charge in [0.05, 0.1) is 5.52 Å². The predicted octanol–water partition coefficient (Wildman–Crippen LogP) is 3.26. The van der Waals surface area contributed by atoms with Crippen LogP contribution in [0.1, 0.15) is 5.56 Å². The van der Waals surface area contributed by atoms with Gasteiger partial charge in [-0.15, -0.1) is 0 Å². The van der Waals surface area contributed by atoms with Gasteiger partial charge in [-0.25, -0.2) is 14.8 Å². The zero-order chi connectivity index (χ0) is 21.8. The number of fused-ring (bicyclic) bond motifs is 1. The largest absolute Gasteiger partial charge is 0.489 e. The first-order chi connectivity index (χ1) is 15.0. The van der Waals surface area contributed by atoms with Gasteiger partial charge in [-0.1, -0.05) is 0 Å². The molecule has 0 atom stereocenters. The fraction of sp³-hybridized carbons (Fsp3) is 0.150. The lowest BCUT2D eigenvalue weighted by Gasteiger charge is -2.08. The molecule has 0 fully saturated rings.